The predicted molar refractivity (Wildman–Crippen MR) is 82.0 cm³/mol. The van der Waals surface area contributed by atoms with Gasteiger partial charge in [-0.3, -0.25) is 4.79 Å². The van der Waals surface area contributed by atoms with Gasteiger partial charge < -0.3 is 19.5 Å². The zero-order chi connectivity index (χ0) is 14.7. The van der Waals surface area contributed by atoms with Gasteiger partial charge in [0.2, 0.25) is 0 Å². The van der Waals surface area contributed by atoms with E-state index in [4.69, 9.17) is 4.74 Å². The van der Waals surface area contributed by atoms with E-state index in [1.165, 1.54) is 4.57 Å². The standard InChI is InChI=1S/C13H17N5O2S/c1-17-4-2-14-11(12(17)19)16-8-10-9-18(5-6-20-10)13-15-3-7-21-13/h2-4,7,10H,5-6,8-9H2,1H3,(H,14,16). The van der Waals surface area contributed by atoms with Crippen LogP contribution < -0.4 is 15.8 Å². The van der Waals surface area contributed by atoms with Crippen LogP contribution in [-0.4, -0.2) is 46.9 Å². The summed E-state index contributed by atoms with van der Waals surface area (Å²) in [6.07, 6.45) is 5.05. The van der Waals surface area contributed by atoms with Crippen molar-refractivity contribution in [3.05, 3.63) is 34.3 Å². The number of morpholine rings is 1. The molecule has 2 aromatic heterocycles. The summed E-state index contributed by atoms with van der Waals surface area (Å²) in [4.78, 5) is 22.5. The Labute approximate surface area is 126 Å². The number of hydrogen-bond donors (Lipinski definition) is 1. The van der Waals surface area contributed by atoms with E-state index in [-0.39, 0.29) is 11.7 Å². The van der Waals surface area contributed by atoms with Crippen LogP contribution in [0, 0.1) is 0 Å². The number of hydrogen-bond acceptors (Lipinski definition) is 7. The van der Waals surface area contributed by atoms with E-state index in [0.29, 0.717) is 19.0 Å². The van der Waals surface area contributed by atoms with E-state index < -0.39 is 0 Å². The number of ether oxygens (including phenoxy) is 1. The second-order valence-corrected chi connectivity index (χ2v) is 5.70. The summed E-state index contributed by atoms with van der Waals surface area (Å²) in [5, 5.41) is 6.06. The van der Waals surface area contributed by atoms with Gasteiger partial charge in [-0.2, -0.15) is 0 Å². The Morgan fingerprint density at radius 2 is 2.38 bits per heavy atom. The van der Waals surface area contributed by atoms with Crippen molar-refractivity contribution in [3.8, 4) is 0 Å². The minimum absolute atomic E-state index is 0.00867. The highest BCUT2D eigenvalue weighted by atomic mass is 32.1. The van der Waals surface area contributed by atoms with Gasteiger partial charge in [0.15, 0.2) is 10.9 Å². The highest BCUT2D eigenvalue weighted by molar-refractivity contribution is 7.13. The molecule has 7 nitrogen and oxygen atoms in total. The Morgan fingerprint density at radius 1 is 1.48 bits per heavy atom. The molecule has 1 aliphatic rings. The summed E-state index contributed by atoms with van der Waals surface area (Å²) in [6.45, 7) is 2.81. The SMILES string of the molecule is Cn1ccnc(NCC2CN(c3nccs3)CCO2)c1=O. The first-order chi connectivity index (χ1) is 10.2. The van der Waals surface area contributed by atoms with E-state index in [0.717, 1.165) is 18.2 Å². The quantitative estimate of drug-likeness (QED) is 0.889. The highest BCUT2D eigenvalue weighted by Crippen LogP contribution is 2.20. The number of nitrogens with zero attached hydrogens (tertiary/aromatic N) is 4. The lowest BCUT2D eigenvalue weighted by Crippen LogP contribution is -2.45. The molecule has 0 spiro atoms. The first-order valence-electron chi connectivity index (χ1n) is 6.75. The maximum absolute atomic E-state index is 11.9. The number of thiazole rings is 1. The van der Waals surface area contributed by atoms with E-state index in [1.807, 2.05) is 5.38 Å². The highest BCUT2D eigenvalue weighted by Gasteiger charge is 2.22. The van der Waals surface area contributed by atoms with Crippen molar-refractivity contribution in [1.29, 1.82) is 0 Å². The number of aryl methyl sites for hydroxylation is 1. The lowest BCUT2D eigenvalue weighted by atomic mass is 10.3. The fraction of sp³-hybridized carbons (Fsp3) is 0.462. The number of anilines is 2. The fourth-order valence-corrected chi connectivity index (χ4v) is 2.90. The Morgan fingerprint density at radius 3 is 3.19 bits per heavy atom. The van der Waals surface area contributed by atoms with Gasteiger partial charge in [-0.15, -0.1) is 11.3 Å². The van der Waals surface area contributed by atoms with Crippen molar-refractivity contribution in [2.24, 2.45) is 7.05 Å². The Kier molecular flexibility index (Phi) is 4.16. The van der Waals surface area contributed by atoms with E-state index in [2.05, 4.69) is 20.2 Å². The molecular weight excluding hydrogens is 290 g/mol. The Balaban J connectivity index is 1.60. The van der Waals surface area contributed by atoms with Gasteiger partial charge in [0, 0.05) is 50.7 Å². The molecule has 2 aromatic rings. The van der Waals surface area contributed by atoms with Crippen LogP contribution in [0.25, 0.3) is 0 Å². The van der Waals surface area contributed by atoms with E-state index in [9.17, 15) is 4.79 Å². The molecule has 0 radical (unpaired) electrons. The molecule has 1 unspecified atom stereocenters. The molecule has 112 valence electrons. The smallest absolute Gasteiger partial charge is 0.293 e. The number of rotatable bonds is 4. The van der Waals surface area contributed by atoms with Crippen molar-refractivity contribution >= 4 is 22.3 Å². The minimum Gasteiger partial charge on any atom is -0.373 e. The maximum atomic E-state index is 11.9. The average molecular weight is 307 g/mol. The van der Waals surface area contributed by atoms with E-state index in [1.54, 1.807) is 37.0 Å². The zero-order valence-electron chi connectivity index (χ0n) is 11.7. The van der Waals surface area contributed by atoms with Crippen LogP contribution in [0.2, 0.25) is 0 Å². The summed E-state index contributed by atoms with van der Waals surface area (Å²) in [5.41, 5.74) is -0.134. The van der Waals surface area contributed by atoms with Crippen LogP contribution in [-0.2, 0) is 11.8 Å². The van der Waals surface area contributed by atoms with Crippen LogP contribution >= 0.6 is 11.3 Å². The molecule has 0 saturated carbocycles. The average Bonchev–Trinajstić information content (AvgIpc) is 3.03. The lowest BCUT2D eigenvalue weighted by molar-refractivity contribution is 0.0492. The van der Waals surface area contributed by atoms with Crippen LogP contribution in [0.1, 0.15) is 0 Å². The summed E-state index contributed by atoms with van der Waals surface area (Å²) >= 11 is 1.62. The zero-order valence-corrected chi connectivity index (χ0v) is 12.5. The normalized spacial score (nSPS) is 18.7. The van der Waals surface area contributed by atoms with E-state index >= 15 is 0 Å². The Hall–Kier alpha value is -1.93. The number of nitrogens with one attached hydrogen (secondary N) is 1. The van der Waals surface area contributed by atoms with Gasteiger partial charge in [0.25, 0.3) is 5.56 Å². The molecule has 1 atom stereocenters. The molecule has 0 amide bonds. The van der Waals surface area contributed by atoms with Gasteiger partial charge in [-0.1, -0.05) is 0 Å². The largest absolute Gasteiger partial charge is 0.373 e. The molecule has 1 saturated heterocycles. The second-order valence-electron chi connectivity index (χ2n) is 4.83. The van der Waals surface area contributed by atoms with Crippen molar-refractivity contribution in [2.75, 3.05) is 36.5 Å². The molecule has 1 N–H and O–H groups in total. The molecule has 3 rings (SSSR count). The van der Waals surface area contributed by atoms with Crippen molar-refractivity contribution in [2.45, 2.75) is 6.10 Å². The number of aromatic nitrogens is 3. The molecule has 3 heterocycles. The third-order valence-electron chi connectivity index (χ3n) is 3.34. The van der Waals surface area contributed by atoms with Crippen LogP contribution in [0.15, 0.2) is 28.8 Å². The Bertz CT molecular complexity index is 642. The van der Waals surface area contributed by atoms with Crippen molar-refractivity contribution in [1.82, 2.24) is 14.5 Å². The molecular formula is C13H17N5O2S. The topological polar surface area (TPSA) is 72.3 Å². The summed E-state index contributed by atoms with van der Waals surface area (Å²) in [6, 6.07) is 0. The monoisotopic (exact) mass is 307 g/mol. The third-order valence-corrected chi connectivity index (χ3v) is 4.17. The predicted octanol–water partition coefficient (Wildman–Crippen LogP) is 0.554. The summed E-state index contributed by atoms with van der Waals surface area (Å²) < 4.78 is 7.23. The van der Waals surface area contributed by atoms with Gasteiger partial charge in [0.1, 0.15) is 0 Å². The van der Waals surface area contributed by atoms with Crippen LogP contribution in [0.5, 0.6) is 0 Å². The van der Waals surface area contributed by atoms with Crippen molar-refractivity contribution in [3.63, 3.8) is 0 Å². The lowest BCUT2D eigenvalue weighted by Gasteiger charge is -2.32. The molecule has 0 aliphatic carbocycles. The fourth-order valence-electron chi connectivity index (χ4n) is 2.22. The molecule has 21 heavy (non-hydrogen) atoms. The first kappa shape index (κ1) is 14.0. The molecule has 0 aromatic carbocycles. The molecule has 1 fully saturated rings. The van der Waals surface area contributed by atoms with Gasteiger partial charge in [-0.25, -0.2) is 9.97 Å². The molecule has 1 aliphatic heterocycles. The maximum Gasteiger partial charge on any atom is 0.293 e. The molecule has 8 heteroatoms. The van der Waals surface area contributed by atoms with Gasteiger partial charge in [0.05, 0.1) is 12.7 Å². The van der Waals surface area contributed by atoms with Crippen molar-refractivity contribution < 1.29 is 4.74 Å². The third kappa shape index (κ3) is 3.22. The molecule has 0 bridgehead atoms. The van der Waals surface area contributed by atoms with Gasteiger partial charge in [-0.05, 0) is 0 Å². The second kappa shape index (κ2) is 6.23. The van der Waals surface area contributed by atoms with Crippen LogP contribution in [0.3, 0.4) is 0 Å². The van der Waals surface area contributed by atoms with Gasteiger partial charge >= 0.3 is 0 Å². The van der Waals surface area contributed by atoms with Crippen LogP contribution in [0.4, 0.5) is 10.9 Å². The summed E-state index contributed by atoms with van der Waals surface area (Å²) in [5.74, 6) is 0.356. The minimum atomic E-state index is -0.134. The summed E-state index contributed by atoms with van der Waals surface area (Å²) in [7, 11) is 1.70. The first-order valence-corrected chi connectivity index (χ1v) is 7.63.